The van der Waals surface area contributed by atoms with E-state index in [9.17, 15) is 28.2 Å². The summed E-state index contributed by atoms with van der Waals surface area (Å²) in [7, 11) is 0. The Morgan fingerprint density at radius 1 is 1.37 bits per heavy atom. The summed E-state index contributed by atoms with van der Waals surface area (Å²) in [6.45, 7) is -0.753. The van der Waals surface area contributed by atoms with Gasteiger partial charge < -0.3 is 10.2 Å². The molecule has 1 aromatic rings. The van der Waals surface area contributed by atoms with E-state index in [4.69, 9.17) is 0 Å². The highest BCUT2D eigenvalue weighted by molar-refractivity contribution is 6.04. The minimum Gasteiger partial charge on any atom is -0.884 e. The Kier molecular flexibility index (Phi) is 4.36. The lowest BCUT2D eigenvalue weighted by Gasteiger charge is -2.27. The van der Waals surface area contributed by atoms with E-state index in [-0.39, 0.29) is 10.7 Å². The van der Waals surface area contributed by atoms with Gasteiger partial charge >= 0.3 is 6.18 Å². The molecule has 0 N–H and O–H groups in total. The molecule has 0 atom stereocenters. The van der Waals surface area contributed by atoms with Crippen LogP contribution in [0.3, 0.4) is 0 Å². The molecule has 0 spiro atoms. The number of carbonyl (C=O) groups is 1. The largest absolute Gasteiger partial charge is 0.884 e. The lowest BCUT2D eigenvalue weighted by molar-refractivity contribution is -0.514. The summed E-state index contributed by atoms with van der Waals surface area (Å²) in [5.41, 5.74) is -0.824. The molecule has 0 aliphatic rings. The quantitative estimate of drug-likeness (QED) is 0.571. The highest BCUT2D eigenvalue weighted by atomic mass is 19.4. The van der Waals surface area contributed by atoms with Crippen LogP contribution in [0, 0.1) is 0 Å². The van der Waals surface area contributed by atoms with E-state index in [1.54, 1.807) is 0 Å². The maximum atomic E-state index is 12.4. The molecule has 0 saturated carbocycles. The third-order valence-electron chi connectivity index (χ3n) is 2.14. The zero-order valence-electron chi connectivity index (χ0n) is 9.77. The first-order chi connectivity index (χ1) is 8.72. The van der Waals surface area contributed by atoms with Crippen molar-refractivity contribution in [2.24, 2.45) is 0 Å². The van der Waals surface area contributed by atoms with Gasteiger partial charge in [0.25, 0.3) is 5.91 Å². The van der Waals surface area contributed by atoms with Crippen LogP contribution >= 0.6 is 0 Å². The smallest absolute Gasteiger partial charge is 0.406 e. The third kappa shape index (κ3) is 4.16. The molecule has 1 aromatic heterocycles. The van der Waals surface area contributed by atoms with Crippen molar-refractivity contribution in [1.29, 1.82) is 0 Å². The monoisotopic (exact) mass is 274 g/mol. The van der Waals surface area contributed by atoms with Gasteiger partial charge in [0.05, 0.1) is 0 Å². The number of carbonyl (C=O) groups excluding carboxylic acids is 1. The summed E-state index contributed by atoms with van der Waals surface area (Å²) in [6.07, 6.45) is -3.49. The van der Waals surface area contributed by atoms with Crippen molar-refractivity contribution in [2.75, 3.05) is 11.4 Å². The number of amides is 1. The molecule has 0 aliphatic heterocycles. The standard InChI is InChI=1S/C11H11F3N2O3/c1-7(10(18)19)9(17)16(6-11(12,13)14)8-4-2-3-5-15-8/h2-5,18-19H,6H2,1H3/p-2. The molecule has 104 valence electrons. The summed E-state index contributed by atoms with van der Waals surface area (Å²) in [6, 6.07) is 4.01. The lowest BCUT2D eigenvalue weighted by atomic mass is 10.2. The highest BCUT2D eigenvalue weighted by Crippen LogP contribution is 2.22. The highest BCUT2D eigenvalue weighted by Gasteiger charge is 2.34. The maximum Gasteiger partial charge on any atom is 0.406 e. The van der Waals surface area contributed by atoms with Crippen molar-refractivity contribution in [1.82, 2.24) is 4.98 Å². The van der Waals surface area contributed by atoms with E-state index in [1.807, 2.05) is 0 Å². The number of anilines is 1. The zero-order chi connectivity index (χ0) is 14.6. The van der Waals surface area contributed by atoms with Gasteiger partial charge in [-0.25, -0.2) is 4.98 Å². The topological polar surface area (TPSA) is 79.3 Å². The average Bonchev–Trinajstić information content (AvgIpc) is 2.34. The summed E-state index contributed by atoms with van der Waals surface area (Å²) in [5, 5.41) is 21.1. The van der Waals surface area contributed by atoms with Crippen molar-refractivity contribution >= 4 is 11.7 Å². The van der Waals surface area contributed by atoms with Crippen molar-refractivity contribution in [2.45, 2.75) is 13.1 Å². The van der Waals surface area contributed by atoms with Crippen LogP contribution in [0.15, 0.2) is 35.9 Å². The summed E-state index contributed by atoms with van der Waals surface area (Å²) in [5.74, 6) is -3.42. The second-order valence-electron chi connectivity index (χ2n) is 3.61. The Balaban J connectivity index is 3.14. The number of rotatable bonds is 3. The van der Waals surface area contributed by atoms with Crippen LogP contribution in [-0.2, 0) is 4.79 Å². The van der Waals surface area contributed by atoms with Crippen LogP contribution in [0.1, 0.15) is 6.92 Å². The maximum absolute atomic E-state index is 12.4. The van der Waals surface area contributed by atoms with Crippen LogP contribution in [-0.4, -0.2) is 23.6 Å². The fourth-order valence-corrected chi connectivity index (χ4v) is 1.24. The molecule has 0 aromatic carbocycles. The van der Waals surface area contributed by atoms with Gasteiger partial charge in [0.2, 0.25) is 0 Å². The second-order valence-corrected chi connectivity index (χ2v) is 3.61. The molecule has 0 radical (unpaired) electrons. The number of hydrogen-bond acceptors (Lipinski definition) is 4. The predicted molar refractivity (Wildman–Crippen MR) is 55.3 cm³/mol. The van der Waals surface area contributed by atoms with Gasteiger partial charge in [-0.15, -0.1) is 0 Å². The Bertz CT molecular complexity index is 482. The minimum absolute atomic E-state index is 0.241. The lowest BCUT2D eigenvalue weighted by Crippen LogP contribution is -2.41. The van der Waals surface area contributed by atoms with Crippen LogP contribution < -0.4 is 15.1 Å². The van der Waals surface area contributed by atoms with E-state index in [0.29, 0.717) is 0 Å². The predicted octanol–water partition coefficient (Wildman–Crippen LogP) is -0.0710. The van der Waals surface area contributed by atoms with Crippen LogP contribution in [0.25, 0.3) is 0 Å². The van der Waals surface area contributed by atoms with Gasteiger partial charge in [-0.05, 0) is 24.6 Å². The van der Waals surface area contributed by atoms with Gasteiger partial charge in [0.15, 0.2) is 0 Å². The first-order valence-electron chi connectivity index (χ1n) is 5.07. The number of alkyl halides is 3. The average molecular weight is 274 g/mol. The Morgan fingerprint density at radius 3 is 2.42 bits per heavy atom. The van der Waals surface area contributed by atoms with Crippen LogP contribution in [0.4, 0.5) is 19.0 Å². The van der Waals surface area contributed by atoms with E-state index in [0.717, 1.165) is 6.92 Å². The normalized spacial score (nSPS) is 10.9. The third-order valence-corrected chi connectivity index (χ3v) is 2.14. The molecule has 0 bridgehead atoms. The second kappa shape index (κ2) is 5.59. The number of hydrogen-bond donors (Lipinski definition) is 0. The summed E-state index contributed by atoms with van der Waals surface area (Å²) < 4.78 is 37.3. The molecule has 0 unspecified atom stereocenters. The SMILES string of the molecule is CC(C(=O)N(CC(F)(F)F)c1ccccn1)=C([O-])[O-]. The molecule has 8 heteroatoms. The molecule has 1 amide bonds. The molecule has 5 nitrogen and oxygen atoms in total. The molecule has 1 heterocycles. The van der Waals surface area contributed by atoms with E-state index >= 15 is 0 Å². The Morgan fingerprint density at radius 2 is 2.00 bits per heavy atom. The fourth-order valence-electron chi connectivity index (χ4n) is 1.24. The van der Waals surface area contributed by atoms with Gasteiger partial charge in [-0.1, -0.05) is 6.07 Å². The van der Waals surface area contributed by atoms with Gasteiger partial charge in [-0.2, -0.15) is 19.1 Å². The van der Waals surface area contributed by atoms with E-state index in [2.05, 4.69) is 4.98 Å². The van der Waals surface area contributed by atoms with Crippen LogP contribution in [0.2, 0.25) is 0 Å². The number of pyridine rings is 1. The molecule has 0 fully saturated rings. The van der Waals surface area contributed by atoms with E-state index < -0.39 is 30.1 Å². The molecular formula is C11H9F3N2O3-2. The number of nitrogens with zero attached hydrogens (tertiary/aromatic N) is 2. The van der Waals surface area contributed by atoms with Crippen molar-refractivity contribution in [3.63, 3.8) is 0 Å². The Hall–Kier alpha value is -2.25. The first-order valence-corrected chi connectivity index (χ1v) is 5.07. The van der Waals surface area contributed by atoms with Gasteiger partial charge in [-0.3, -0.25) is 9.69 Å². The summed E-state index contributed by atoms with van der Waals surface area (Å²) >= 11 is 0. The minimum atomic E-state index is -4.68. The van der Waals surface area contributed by atoms with Crippen molar-refractivity contribution in [3.05, 3.63) is 35.9 Å². The molecule has 0 saturated heterocycles. The van der Waals surface area contributed by atoms with Crippen molar-refractivity contribution < 1.29 is 28.2 Å². The van der Waals surface area contributed by atoms with Crippen molar-refractivity contribution in [3.8, 4) is 0 Å². The van der Waals surface area contributed by atoms with Gasteiger partial charge in [0.1, 0.15) is 12.4 Å². The van der Waals surface area contributed by atoms with Crippen LogP contribution in [0.5, 0.6) is 0 Å². The number of halogens is 3. The fraction of sp³-hybridized carbons (Fsp3) is 0.273. The molecule has 19 heavy (non-hydrogen) atoms. The molecular weight excluding hydrogens is 265 g/mol. The zero-order valence-corrected chi connectivity index (χ0v) is 9.77. The molecule has 1 rings (SSSR count). The summed E-state index contributed by atoms with van der Waals surface area (Å²) in [4.78, 5) is 15.5. The van der Waals surface area contributed by atoms with E-state index in [1.165, 1.54) is 24.4 Å². The first kappa shape index (κ1) is 14.8. The number of aromatic nitrogens is 1. The van der Waals surface area contributed by atoms with Gasteiger partial charge in [0, 0.05) is 6.20 Å². The Labute approximate surface area is 106 Å². The molecule has 0 aliphatic carbocycles.